The van der Waals surface area contributed by atoms with Crippen molar-refractivity contribution in [2.24, 2.45) is 7.05 Å². The highest BCUT2D eigenvalue weighted by molar-refractivity contribution is 5.51. The average Bonchev–Trinajstić information content (AvgIpc) is 2.87. The van der Waals surface area contributed by atoms with Crippen molar-refractivity contribution in [3.8, 4) is 0 Å². The molecule has 2 rings (SSSR count). The number of imidazole rings is 1. The molecule has 0 aromatic carbocycles. The second kappa shape index (κ2) is 5.68. The molecule has 6 heteroatoms. The molecular weight excluding hydrogens is 230 g/mol. The maximum Gasteiger partial charge on any atom is 0.207 e. The first-order valence-corrected chi connectivity index (χ1v) is 5.97. The van der Waals surface area contributed by atoms with E-state index in [2.05, 4.69) is 20.0 Å². The van der Waals surface area contributed by atoms with E-state index in [0.29, 0.717) is 0 Å². The molecule has 0 saturated carbocycles. The molecular formula is C12H19N5O. The standard InChI is InChI=1S/C12H19N5O/c1-10-8-17(5-4-6-18-3)12(14-10)15-11-7-13-16(2)9-11/h7-9H,4-6H2,1-3H3,(H,14,15). The van der Waals surface area contributed by atoms with Crippen molar-refractivity contribution in [1.29, 1.82) is 0 Å². The molecule has 98 valence electrons. The van der Waals surface area contributed by atoms with Crippen molar-refractivity contribution < 1.29 is 4.74 Å². The van der Waals surface area contributed by atoms with Gasteiger partial charge in [-0.15, -0.1) is 0 Å². The highest BCUT2D eigenvalue weighted by atomic mass is 16.5. The van der Waals surface area contributed by atoms with E-state index in [1.54, 1.807) is 18.0 Å². The number of hydrogen-bond acceptors (Lipinski definition) is 4. The first-order chi connectivity index (χ1) is 8.69. The number of ether oxygens (including phenoxy) is 1. The van der Waals surface area contributed by atoms with Crippen LogP contribution in [0.1, 0.15) is 12.1 Å². The van der Waals surface area contributed by atoms with E-state index in [1.807, 2.05) is 26.4 Å². The summed E-state index contributed by atoms with van der Waals surface area (Å²) in [6, 6.07) is 0. The number of nitrogens with zero attached hydrogens (tertiary/aromatic N) is 4. The van der Waals surface area contributed by atoms with Crippen LogP contribution >= 0.6 is 0 Å². The largest absolute Gasteiger partial charge is 0.385 e. The van der Waals surface area contributed by atoms with Gasteiger partial charge in [-0.2, -0.15) is 5.10 Å². The summed E-state index contributed by atoms with van der Waals surface area (Å²) in [5, 5.41) is 7.39. The zero-order valence-corrected chi connectivity index (χ0v) is 11.1. The summed E-state index contributed by atoms with van der Waals surface area (Å²) in [5.74, 6) is 0.844. The molecule has 0 spiro atoms. The van der Waals surface area contributed by atoms with E-state index in [-0.39, 0.29) is 0 Å². The Labute approximate surface area is 107 Å². The van der Waals surface area contributed by atoms with Gasteiger partial charge in [-0.3, -0.25) is 4.68 Å². The minimum absolute atomic E-state index is 0.754. The average molecular weight is 249 g/mol. The third kappa shape index (κ3) is 3.10. The van der Waals surface area contributed by atoms with E-state index in [1.165, 1.54) is 0 Å². The van der Waals surface area contributed by atoms with Gasteiger partial charge < -0.3 is 14.6 Å². The zero-order chi connectivity index (χ0) is 13.0. The quantitative estimate of drug-likeness (QED) is 0.792. The summed E-state index contributed by atoms with van der Waals surface area (Å²) >= 11 is 0. The molecule has 0 bridgehead atoms. The maximum absolute atomic E-state index is 5.06. The topological polar surface area (TPSA) is 56.9 Å². The fourth-order valence-corrected chi connectivity index (χ4v) is 1.81. The van der Waals surface area contributed by atoms with Gasteiger partial charge in [-0.25, -0.2) is 4.98 Å². The Morgan fingerprint density at radius 2 is 2.22 bits per heavy atom. The predicted octanol–water partition coefficient (Wildman–Crippen LogP) is 1.71. The molecule has 0 saturated heterocycles. The van der Waals surface area contributed by atoms with Crippen LogP contribution in [0.3, 0.4) is 0 Å². The van der Waals surface area contributed by atoms with Crippen molar-refractivity contribution in [2.75, 3.05) is 19.0 Å². The summed E-state index contributed by atoms with van der Waals surface area (Å²) in [6.45, 7) is 3.63. The second-order valence-corrected chi connectivity index (χ2v) is 4.27. The van der Waals surface area contributed by atoms with Gasteiger partial charge in [-0.05, 0) is 13.3 Å². The number of methoxy groups -OCH3 is 1. The van der Waals surface area contributed by atoms with Gasteiger partial charge in [0.15, 0.2) is 0 Å². The number of anilines is 2. The third-order valence-electron chi connectivity index (χ3n) is 2.61. The first-order valence-electron chi connectivity index (χ1n) is 5.97. The Morgan fingerprint density at radius 3 is 2.89 bits per heavy atom. The van der Waals surface area contributed by atoms with E-state index in [4.69, 9.17) is 4.74 Å². The van der Waals surface area contributed by atoms with Crippen molar-refractivity contribution in [1.82, 2.24) is 19.3 Å². The van der Waals surface area contributed by atoms with Crippen LogP contribution in [0, 0.1) is 6.92 Å². The number of aromatic nitrogens is 4. The monoisotopic (exact) mass is 249 g/mol. The van der Waals surface area contributed by atoms with Crippen LogP contribution in [0.15, 0.2) is 18.6 Å². The molecule has 0 aliphatic rings. The molecule has 2 aromatic heterocycles. The highest BCUT2D eigenvalue weighted by Gasteiger charge is 2.06. The summed E-state index contributed by atoms with van der Waals surface area (Å²) < 4.78 is 8.92. The third-order valence-corrected chi connectivity index (χ3v) is 2.61. The van der Waals surface area contributed by atoms with Gasteiger partial charge >= 0.3 is 0 Å². The van der Waals surface area contributed by atoms with Crippen LogP contribution in [0.2, 0.25) is 0 Å². The lowest BCUT2D eigenvalue weighted by Crippen LogP contribution is -2.05. The number of aryl methyl sites for hydroxylation is 3. The van der Waals surface area contributed by atoms with Gasteiger partial charge in [0.2, 0.25) is 5.95 Å². The van der Waals surface area contributed by atoms with Gasteiger partial charge in [0.1, 0.15) is 0 Å². The Bertz CT molecular complexity index is 502. The van der Waals surface area contributed by atoms with Crippen LogP contribution in [0.4, 0.5) is 11.6 Å². The van der Waals surface area contributed by atoms with Crippen molar-refractivity contribution in [3.63, 3.8) is 0 Å². The van der Waals surface area contributed by atoms with Crippen molar-refractivity contribution in [3.05, 3.63) is 24.3 Å². The SMILES string of the molecule is COCCCn1cc(C)nc1Nc1cnn(C)c1. The molecule has 6 nitrogen and oxygen atoms in total. The fourth-order valence-electron chi connectivity index (χ4n) is 1.81. The molecule has 0 aliphatic carbocycles. The Hall–Kier alpha value is -1.82. The lowest BCUT2D eigenvalue weighted by atomic mass is 10.4. The first kappa shape index (κ1) is 12.6. The zero-order valence-electron chi connectivity index (χ0n) is 11.1. The second-order valence-electron chi connectivity index (χ2n) is 4.27. The Kier molecular flexibility index (Phi) is 3.99. The normalized spacial score (nSPS) is 10.8. The minimum Gasteiger partial charge on any atom is -0.385 e. The summed E-state index contributed by atoms with van der Waals surface area (Å²) in [7, 11) is 3.61. The molecule has 1 N–H and O–H groups in total. The summed E-state index contributed by atoms with van der Waals surface area (Å²) in [4.78, 5) is 4.47. The Morgan fingerprint density at radius 1 is 1.39 bits per heavy atom. The van der Waals surface area contributed by atoms with Crippen LogP contribution in [-0.2, 0) is 18.3 Å². The van der Waals surface area contributed by atoms with Crippen LogP contribution in [-0.4, -0.2) is 33.0 Å². The molecule has 2 aromatic rings. The van der Waals surface area contributed by atoms with Crippen molar-refractivity contribution in [2.45, 2.75) is 19.9 Å². The molecule has 2 heterocycles. The van der Waals surface area contributed by atoms with E-state index in [9.17, 15) is 0 Å². The molecule has 0 atom stereocenters. The summed E-state index contributed by atoms with van der Waals surface area (Å²) in [5.41, 5.74) is 1.94. The predicted molar refractivity (Wildman–Crippen MR) is 69.9 cm³/mol. The number of hydrogen-bond donors (Lipinski definition) is 1. The van der Waals surface area contributed by atoms with Crippen LogP contribution in [0.5, 0.6) is 0 Å². The molecule has 0 amide bonds. The number of nitrogens with one attached hydrogen (secondary N) is 1. The van der Waals surface area contributed by atoms with E-state index < -0.39 is 0 Å². The van der Waals surface area contributed by atoms with Gasteiger partial charge in [0, 0.05) is 39.7 Å². The fraction of sp³-hybridized carbons (Fsp3) is 0.500. The van der Waals surface area contributed by atoms with Crippen molar-refractivity contribution >= 4 is 11.6 Å². The molecule has 0 unspecified atom stereocenters. The molecule has 0 fully saturated rings. The van der Waals surface area contributed by atoms with Gasteiger partial charge in [-0.1, -0.05) is 0 Å². The minimum atomic E-state index is 0.754. The van der Waals surface area contributed by atoms with Gasteiger partial charge in [0.05, 0.1) is 17.6 Å². The van der Waals surface area contributed by atoms with E-state index in [0.717, 1.165) is 36.9 Å². The molecule has 18 heavy (non-hydrogen) atoms. The lowest BCUT2D eigenvalue weighted by molar-refractivity contribution is 0.190. The smallest absolute Gasteiger partial charge is 0.207 e. The maximum atomic E-state index is 5.06. The summed E-state index contributed by atoms with van der Waals surface area (Å²) in [6.07, 6.45) is 6.70. The highest BCUT2D eigenvalue weighted by Crippen LogP contribution is 2.15. The molecule has 0 radical (unpaired) electrons. The van der Waals surface area contributed by atoms with Crippen LogP contribution < -0.4 is 5.32 Å². The van der Waals surface area contributed by atoms with Gasteiger partial charge in [0.25, 0.3) is 0 Å². The lowest BCUT2D eigenvalue weighted by Gasteiger charge is -2.07. The van der Waals surface area contributed by atoms with Crippen LogP contribution in [0.25, 0.3) is 0 Å². The molecule has 0 aliphatic heterocycles. The van der Waals surface area contributed by atoms with E-state index >= 15 is 0 Å². The number of rotatable bonds is 6. The Balaban J connectivity index is 2.06.